The molecule has 0 amide bonds. The largest absolute Gasteiger partial charge is 0.395 e. The van der Waals surface area contributed by atoms with Crippen LogP contribution in [-0.4, -0.2) is 49.8 Å². The van der Waals surface area contributed by atoms with Gasteiger partial charge in [-0.15, -0.1) is 0 Å². The van der Waals surface area contributed by atoms with Gasteiger partial charge in [0.05, 0.1) is 6.61 Å². The molecule has 0 aromatic heterocycles. The monoisotopic (exact) mass is 244 g/mol. The molecule has 0 bridgehead atoms. The quantitative estimate of drug-likeness (QED) is 0.617. The average molecular weight is 244 g/mol. The van der Waals surface area contributed by atoms with Gasteiger partial charge in [-0.05, 0) is 37.8 Å². The van der Waals surface area contributed by atoms with Crippen molar-refractivity contribution >= 4 is 0 Å². The summed E-state index contributed by atoms with van der Waals surface area (Å²) >= 11 is 0. The maximum absolute atomic E-state index is 8.97. The Morgan fingerprint density at radius 1 is 1.24 bits per heavy atom. The lowest BCUT2D eigenvalue weighted by Gasteiger charge is -2.36. The lowest BCUT2D eigenvalue weighted by Crippen LogP contribution is -2.43. The van der Waals surface area contributed by atoms with Crippen LogP contribution < -0.4 is 5.32 Å². The second-order valence-electron chi connectivity index (χ2n) is 5.69. The topological polar surface area (TPSA) is 35.5 Å². The molecule has 0 atom stereocenters. The van der Waals surface area contributed by atoms with Crippen molar-refractivity contribution in [2.24, 2.45) is 11.3 Å². The highest BCUT2D eigenvalue weighted by atomic mass is 16.3. The number of nitrogens with zero attached hydrogens (tertiary/aromatic N) is 1. The standard InChI is InChI=1S/C14H32N2O/c1-6-14(7-2,11-15-10-13(3)4)12-16(5)8-9-17/h13,15,17H,6-12H2,1-5H3. The smallest absolute Gasteiger partial charge is 0.0558 e. The molecular weight excluding hydrogens is 212 g/mol. The SMILES string of the molecule is CCC(CC)(CNCC(C)C)CN(C)CCO. The zero-order valence-corrected chi connectivity index (χ0v) is 12.4. The van der Waals surface area contributed by atoms with Crippen LogP contribution in [0.2, 0.25) is 0 Å². The first-order chi connectivity index (χ1) is 7.99. The van der Waals surface area contributed by atoms with E-state index in [1.807, 2.05) is 0 Å². The van der Waals surface area contributed by atoms with Crippen molar-refractivity contribution in [2.75, 3.05) is 39.8 Å². The highest BCUT2D eigenvalue weighted by Gasteiger charge is 2.27. The molecule has 3 heteroatoms. The number of likely N-dealkylation sites (N-methyl/N-ethyl adjacent to an activating group) is 1. The van der Waals surface area contributed by atoms with Crippen LogP contribution in [0.15, 0.2) is 0 Å². The molecule has 0 spiro atoms. The molecule has 0 aliphatic carbocycles. The molecule has 2 N–H and O–H groups in total. The predicted octanol–water partition coefficient (Wildman–Crippen LogP) is 1.96. The van der Waals surface area contributed by atoms with E-state index in [-0.39, 0.29) is 6.61 Å². The molecule has 104 valence electrons. The van der Waals surface area contributed by atoms with E-state index in [0.717, 1.165) is 26.2 Å². The van der Waals surface area contributed by atoms with Crippen molar-refractivity contribution in [3.8, 4) is 0 Å². The first-order valence-electron chi connectivity index (χ1n) is 6.99. The summed E-state index contributed by atoms with van der Waals surface area (Å²) in [5.74, 6) is 0.705. The first-order valence-corrected chi connectivity index (χ1v) is 6.99. The summed E-state index contributed by atoms with van der Waals surface area (Å²) in [7, 11) is 2.10. The van der Waals surface area contributed by atoms with Crippen LogP contribution in [0.3, 0.4) is 0 Å². The van der Waals surface area contributed by atoms with Crippen LogP contribution in [0.25, 0.3) is 0 Å². The van der Waals surface area contributed by atoms with Crippen LogP contribution in [0.5, 0.6) is 0 Å². The Morgan fingerprint density at radius 2 is 1.82 bits per heavy atom. The summed E-state index contributed by atoms with van der Waals surface area (Å²) in [5, 5.41) is 12.6. The van der Waals surface area contributed by atoms with Gasteiger partial charge in [0.15, 0.2) is 0 Å². The molecule has 0 aliphatic heterocycles. The summed E-state index contributed by atoms with van der Waals surface area (Å²) in [4.78, 5) is 2.24. The van der Waals surface area contributed by atoms with Crippen LogP contribution >= 0.6 is 0 Å². The first kappa shape index (κ1) is 16.9. The van der Waals surface area contributed by atoms with E-state index in [0.29, 0.717) is 11.3 Å². The van der Waals surface area contributed by atoms with Gasteiger partial charge in [-0.25, -0.2) is 0 Å². The molecule has 0 rings (SSSR count). The Balaban J connectivity index is 4.23. The van der Waals surface area contributed by atoms with E-state index in [1.54, 1.807) is 0 Å². The molecule has 17 heavy (non-hydrogen) atoms. The summed E-state index contributed by atoms with van der Waals surface area (Å²) in [5.41, 5.74) is 0.346. The fraction of sp³-hybridized carbons (Fsp3) is 1.00. The highest BCUT2D eigenvalue weighted by molar-refractivity contribution is 4.82. The average Bonchev–Trinajstić information content (AvgIpc) is 2.27. The van der Waals surface area contributed by atoms with Crippen molar-refractivity contribution < 1.29 is 5.11 Å². The Bertz CT molecular complexity index is 179. The van der Waals surface area contributed by atoms with Gasteiger partial charge in [-0.1, -0.05) is 27.7 Å². The number of aliphatic hydroxyl groups excluding tert-OH is 1. The zero-order chi connectivity index (χ0) is 13.3. The molecule has 0 saturated heterocycles. The number of nitrogens with one attached hydrogen (secondary N) is 1. The summed E-state index contributed by atoms with van der Waals surface area (Å²) < 4.78 is 0. The highest BCUT2D eigenvalue weighted by Crippen LogP contribution is 2.26. The summed E-state index contributed by atoms with van der Waals surface area (Å²) in [6.07, 6.45) is 2.37. The number of rotatable bonds is 10. The number of aliphatic hydroxyl groups is 1. The van der Waals surface area contributed by atoms with Gasteiger partial charge >= 0.3 is 0 Å². The lowest BCUT2D eigenvalue weighted by molar-refractivity contribution is 0.133. The summed E-state index contributed by atoms with van der Waals surface area (Å²) in [6, 6.07) is 0. The number of hydrogen-bond acceptors (Lipinski definition) is 3. The Morgan fingerprint density at radius 3 is 2.24 bits per heavy atom. The fourth-order valence-electron chi connectivity index (χ4n) is 2.23. The van der Waals surface area contributed by atoms with Crippen molar-refractivity contribution in [3.05, 3.63) is 0 Å². The molecule has 0 fully saturated rings. The Kier molecular flexibility index (Phi) is 8.83. The van der Waals surface area contributed by atoms with Crippen LogP contribution in [-0.2, 0) is 0 Å². The molecule has 0 aromatic carbocycles. The molecule has 0 heterocycles. The zero-order valence-electron chi connectivity index (χ0n) is 12.4. The van der Waals surface area contributed by atoms with Crippen molar-refractivity contribution in [3.63, 3.8) is 0 Å². The van der Waals surface area contributed by atoms with Gasteiger partial charge in [0.1, 0.15) is 0 Å². The molecular formula is C14H32N2O. The minimum atomic E-state index is 0.249. The van der Waals surface area contributed by atoms with Gasteiger partial charge in [0, 0.05) is 19.6 Å². The summed E-state index contributed by atoms with van der Waals surface area (Å²) in [6.45, 7) is 13.3. The molecule has 0 radical (unpaired) electrons. The van der Waals surface area contributed by atoms with Gasteiger partial charge in [0.2, 0.25) is 0 Å². The third kappa shape index (κ3) is 7.02. The Labute approximate surface area is 108 Å². The van der Waals surface area contributed by atoms with E-state index >= 15 is 0 Å². The Hall–Kier alpha value is -0.120. The van der Waals surface area contributed by atoms with E-state index in [2.05, 4.69) is 45.0 Å². The lowest BCUT2D eigenvalue weighted by atomic mass is 9.81. The van der Waals surface area contributed by atoms with Crippen molar-refractivity contribution in [1.29, 1.82) is 0 Å². The van der Waals surface area contributed by atoms with Crippen LogP contribution in [0.4, 0.5) is 0 Å². The third-order valence-corrected chi connectivity index (χ3v) is 3.64. The van der Waals surface area contributed by atoms with E-state index in [1.165, 1.54) is 12.8 Å². The van der Waals surface area contributed by atoms with Gasteiger partial charge in [-0.2, -0.15) is 0 Å². The van der Waals surface area contributed by atoms with Crippen LogP contribution in [0.1, 0.15) is 40.5 Å². The molecule has 0 unspecified atom stereocenters. The maximum atomic E-state index is 8.97. The third-order valence-electron chi connectivity index (χ3n) is 3.64. The second-order valence-corrected chi connectivity index (χ2v) is 5.69. The van der Waals surface area contributed by atoms with Crippen molar-refractivity contribution in [1.82, 2.24) is 10.2 Å². The van der Waals surface area contributed by atoms with Gasteiger partial charge in [0.25, 0.3) is 0 Å². The van der Waals surface area contributed by atoms with E-state index in [9.17, 15) is 0 Å². The predicted molar refractivity (Wildman–Crippen MR) is 75.3 cm³/mol. The molecule has 0 saturated carbocycles. The second kappa shape index (κ2) is 8.90. The molecule has 0 aromatic rings. The fourth-order valence-corrected chi connectivity index (χ4v) is 2.23. The molecule has 3 nitrogen and oxygen atoms in total. The van der Waals surface area contributed by atoms with Gasteiger partial charge < -0.3 is 15.3 Å². The van der Waals surface area contributed by atoms with Crippen LogP contribution in [0, 0.1) is 11.3 Å². The minimum absolute atomic E-state index is 0.249. The maximum Gasteiger partial charge on any atom is 0.0558 e. The van der Waals surface area contributed by atoms with Gasteiger partial charge in [-0.3, -0.25) is 0 Å². The minimum Gasteiger partial charge on any atom is -0.395 e. The normalized spacial score (nSPS) is 12.7. The van der Waals surface area contributed by atoms with E-state index in [4.69, 9.17) is 5.11 Å². The number of hydrogen-bond donors (Lipinski definition) is 2. The van der Waals surface area contributed by atoms with E-state index < -0.39 is 0 Å². The molecule has 0 aliphatic rings. The van der Waals surface area contributed by atoms with Crippen molar-refractivity contribution in [2.45, 2.75) is 40.5 Å².